The molecule has 1 aliphatic heterocycles. The van der Waals surface area contributed by atoms with Gasteiger partial charge in [0, 0.05) is 17.7 Å². The van der Waals surface area contributed by atoms with E-state index >= 15 is 0 Å². The van der Waals surface area contributed by atoms with Crippen LogP contribution in [-0.4, -0.2) is 24.3 Å². The largest absolute Gasteiger partial charge is 0.486 e. The van der Waals surface area contributed by atoms with Gasteiger partial charge in [-0.25, -0.2) is 9.59 Å². The van der Waals surface area contributed by atoms with Crippen molar-refractivity contribution < 1.29 is 27.9 Å². The summed E-state index contributed by atoms with van der Waals surface area (Å²) in [7, 11) is 0. The van der Waals surface area contributed by atoms with Crippen molar-refractivity contribution in [1.82, 2.24) is 5.16 Å². The molecule has 0 saturated heterocycles. The van der Waals surface area contributed by atoms with E-state index in [1.165, 1.54) is 6.07 Å². The summed E-state index contributed by atoms with van der Waals surface area (Å²) in [5, 5.41) is 3.89. The fourth-order valence-electron chi connectivity index (χ4n) is 2.41. The molecule has 0 atom stereocenters. The van der Waals surface area contributed by atoms with Crippen molar-refractivity contribution >= 4 is 5.97 Å². The molecular weight excluding hydrogens is 342 g/mol. The number of esters is 1. The van der Waals surface area contributed by atoms with Gasteiger partial charge in [-0.05, 0) is 24.3 Å². The van der Waals surface area contributed by atoms with Crippen LogP contribution in [0.1, 0.15) is 16.1 Å². The van der Waals surface area contributed by atoms with Crippen molar-refractivity contribution in [3.63, 3.8) is 0 Å². The maximum atomic E-state index is 11.9. The van der Waals surface area contributed by atoms with Crippen LogP contribution < -0.4 is 15.1 Å². The Hall–Kier alpha value is -3.55. The zero-order valence-corrected chi connectivity index (χ0v) is 13.5. The highest BCUT2D eigenvalue weighted by atomic mass is 16.6. The third kappa shape index (κ3) is 3.30. The first-order valence-electron chi connectivity index (χ1n) is 7.81. The monoisotopic (exact) mass is 355 g/mol. The smallest absolute Gasteiger partial charge is 0.341 e. The van der Waals surface area contributed by atoms with E-state index in [4.69, 9.17) is 18.7 Å². The van der Waals surface area contributed by atoms with Crippen LogP contribution in [-0.2, 0) is 11.3 Å². The van der Waals surface area contributed by atoms with Gasteiger partial charge in [-0.1, -0.05) is 5.16 Å². The van der Waals surface area contributed by atoms with Gasteiger partial charge < -0.3 is 23.2 Å². The average Bonchev–Trinajstić information content (AvgIpc) is 3.15. The maximum Gasteiger partial charge on any atom is 0.341 e. The summed E-state index contributed by atoms with van der Waals surface area (Å²) in [6.07, 6.45) is 1.05. The second-order valence-corrected chi connectivity index (χ2v) is 5.46. The van der Waals surface area contributed by atoms with Crippen LogP contribution in [0.2, 0.25) is 0 Å². The Morgan fingerprint density at radius 2 is 1.92 bits per heavy atom. The quantitative estimate of drug-likeness (QED) is 0.658. The Morgan fingerprint density at radius 1 is 1.08 bits per heavy atom. The third-order valence-corrected chi connectivity index (χ3v) is 3.67. The first-order chi connectivity index (χ1) is 12.7. The molecule has 132 valence electrons. The molecule has 0 unspecified atom stereocenters. The van der Waals surface area contributed by atoms with E-state index in [0.29, 0.717) is 36.2 Å². The number of carbonyl (C=O) groups is 1. The standard InChI is InChI=1S/C18H13NO7/c20-17-4-2-12(9-24-17)18(21)25-10-13-8-15(26-19-13)11-1-3-14-16(7-11)23-6-5-22-14/h1-4,7-9H,5-6,10H2. The fourth-order valence-corrected chi connectivity index (χ4v) is 2.41. The highest BCUT2D eigenvalue weighted by Crippen LogP contribution is 2.34. The number of carbonyl (C=O) groups excluding carboxylic acids is 1. The van der Waals surface area contributed by atoms with Gasteiger partial charge in [-0.2, -0.15) is 0 Å². The lowest BCUT2D eigenvalue weighted by molar-refractivity contribution is 0.0461. The van der Waals surface area contributed by atoms with Crippen molar-refractivity contribution in [2.75, 3.05) is 13.2 Å². The van der Waals surface area contributed by atoms with Crippen LogP contribution in [0.4, 0.5) is 0 Å². The van der Waals surface area contributed by atoms with Gasteiger partial charge in [-0.15, -0.1) is 0 Å². The Labute approximate surface area is 146 Å². The van der Waals surface area contributed by atoms with E-state index < -0.39 is 11.6 Å². The van der Waals surface area contributed by atoms with Crippen molar-refractivity contribution in [2.45, 2.75) is 6.61 Å². The molecule has 0 fully saturated rings. The van der Waals surface area contributed by atoms with Gasteiger partial charge in [0.1, 0.15) is 31.8 Å². The second-order valence-electron chi connectivity index (χ2n) is 5.46. The summed E-state index contributed by atoms with van der Waals surface area (Å²) in [6, 6.07) is 9.58. The lowest BCUT2D eigenvalue weighted by Gasteiger charge is -2.18. The van der Waals surface area contributed by atoms with Crippen LogP contribution in [0.25, 0.3) is 11.3 Å². The van der Waals surface area contributed by atoms with Crippen LogP contribution >= 0.6 is 0 Å². The molecule has 26 heavy (non-hydrogen) atoms. The first-order valence-corrected chi connectivity index (χ1v) is 7.81. The molecule has 3 aromatic rings. The molecule has 0 spiro atoms. The summed E-state index contributed by atoms with van der Waals surface area (Å²) >= 11 is 0. The zero-order valence-electron chi connectivity index (χ0n) is 13.5. The number of nitrogens with zero attached hydrogens (tertiary/aromatic N) is 1. The lowest BCUT2D eigenvalue weighted by Crippen LogP contribution is -2.15. The molecule has 0 saturated carbocycles. The van der Waals surface area contributed by atoms with Gasteiger partial charge in [0.05, 0.1) is 5.56 Å². The highest BCUT2D eigenvalue weighted by Gasteiger charge is 2.16. The zero-order chi connectivity index (χ0) is 17.9. The van der Waals surface area contributed by atoms with Crippen LogP contribution in [0.3, 0.4) is 0 Å². The predicted molar refractivity (Wildman–Crippen MR) is 87.0 cm³/mol. The Morgan fingerprint density at radius 3 is 2.73 bits per heavy atom. The summed E-state index contributed by atoms with van der Waals surface area (Å²) in [4.78, 5) is 22.8. The molecule has 4 rings (SSSR count). The first kappa shape index (κ1) is 15.9. The van der Waals surface area contributed by atoms with E-state index in [2.05, 4.69) is 9.57 Å². The van der Waals surface area contributed by atoms with Crippen LogP contribution in [0.5, 0.6) is 11.5 Å². The number of ether oxygens (including phenoxy) is 3. The van der Waals surface area contributed by atoms with Gasteiger partial charge in [0.2, 0.25) is 0 Å². The van der Waals surface area contributed by atoms with Crippen molar-refractivity contribution in [3.05, 3.63) is 64.3 Å². The van der Waals surface area contributed by atoms with E-state index in [1.54, 1.807) is 18.2 Å². The summed E-state index contributed by atoms with van der Waals surface area (Å²) in [6.45, 7) is 0.939. The van der Waals surface area contributed by atoms with Crippen molar-refractivity contribution in [1.29, 1.82) is 0 Å². The van der Waals surface area contributed by atoms with E-state index in [-0.39, 0.29) is 12.2 Å². The Balaban J connectivity index is 1.44. The highest BCUT2D eigenvalue weighted by molar-refractivity contribution is 5.88. The molecule has 1 aliphatic rings. The molecule has 0 N–H and O–H groups in total. The maximum absolute atomic E-state index is 11.9. The molecule has 3 heterocycles. The molecule has 0 radical (unpaired) electrons. The second kappa shape index (κ2) is 6.75. The number of fused-ring (bicyclic) bond motifs is 1. The van der Waals surface area contributed by atoms with Gasteiger partial charge >= 0.3 is 11.6 Å². The van der Waals surface area contributed by atoms with Crippen molar-refractivity contribution in [3.8, 4) is 22.8 Å². The minimum Gasteiger partial charge on any atom is -0.486 e. The van der Waals surface area contributed by atoms with Gasteiger partial charge in [-0.3, -0.25) is 0 Å². The number of rotatable bonds is 4. The molecule has 0 bridgehead atoms. The van der Waals surface area contributed by atoms with Crippen LogP contribution in [0, 0.1) is 0 Å². The number of hydrogen-bond donors (Lipinski definition) is 0. The predicted octanol–water partition coefficient (Wildman–Crippen LogP) is 2.42. The molecule has 1 aromatic carbocycles. The lowest BCUT2D eigenvalue weighted by atomic mass is 10.1. The molecule has 2 aromatic heterocycles. The average molecular weight is 355 g/mol. The summed E-state index contributed by atoms with van der Waals surface area (Å²) < 4.78 is 26.1. The normalized spacial score (nSPS) is 12.6. The van der Waals surface area contributed by atoms with E-state index in [0.717, 1.165) is 17.9 Å². The minimum atomic E-state index is -0.627. The molecule has 0 amide bonds. The molecule has 8 heteroatoms. The summed E-state index contributed by atoms with van der Waals surface area (Å²) in [5.41, 5.74) is 0.812. The Bertz CT molecular complexity index is 984. The molecular formula is C18H13NO7. The fraction of sp³-hybridized carbons (Fsp3) is 0.167. The van der Waals surface area contributed by atoms with Crippen molar-refractivity contribution in [2.24, 2.45) is 0 Å². The third-order valence-electron chi connectivity index (χ3n) is 3.67. The van der Waals surface area contributed by atoms with Gasteiger partial charge in [0.15, 0.2) is 17.3 Å². The van der Waals surface area contributed by atoms with Crippen LogP contribution in [0.15, 0.2) is 56.4 Å². The molecule has 8 nitrogen and oxygen atoms in total. The van der Waals surface area contributed by atoms with E-state index in [1.807, 2.05) is 6.07 Å². The SMILES string of the molecule is O=C(OCc1cc(-c2ccc3c(c2)OCCO3)on1)c1ccc(=O)oc1. The molecule has 0 aliphatic carbocycles. The minimum absolute atomic E-state index is 0.0774. The summed E-state index contributed by atoms with van der Waals surface area (Å²) in [5.74, 6) is 1.21. The number of hydrogen-bond acceptors (Lipinski definition) is 8. The topological polar surface area (TPSA) is 101 Å². The van der Waals surface area contributed by atoms with E-state index in [9.17, 15) is 9.59 Å². The Kier molecular flexibility index (Phi) is 4.14. The number of aromatic nitrogens is 1. The number of benzene rings is 1. The van der Waals surface area contributed by atoms with Gasteiger partial charge in [0.25, 0.3) is 0 Å².